The van der Waals surface area contributed by atoms with Gasteiger partial charge in [-0.15, -0.1) is 17.8 Å². The minimum atomic E-state index is -5.15. The molecule has 0 saturated heterocycles. The Labute approximate surface area is 191 Å². The third-order valence-electron chi connectivity index (χ3n) is 5.07. The summed E-state index contributed by atoms with van der Waals surface area (Å²) in [4.78, 5) is 27.5. The van der Waals surface area contributed by atoms with E-state index in [0.717, 1.165) is 6.07 Å². The van der Waals surface area contributed by atoms with Crippen molar-refractivity contribution in [1.82, 2.24) is 10.3 Å². The summed E-state index contributed by atoms with van der Waals surface area (Å²) >= 11 is 1.21. The zero-order valence-corrected chi connectivity index (χ0v) is 18.6. The highest BCUT2D eigenvalue weighted by atomic mass is 32.2. The van der Waals surface area contributed by atoms with E-state index in [-0.39, 0.29) is 5.56 Å². The maximum atomic E-state index is 14.1. The SMILES string of the molecule is C#Cc1nc(NC(=O)N[C@@H](C)c2ccc(-c3cccc4c3S(=O)(=O)C(F)(F)C4=O)cc2)cs1. The van der Waals surface area contributed by atoms with Crippen molar-refractivity contribution in [3.8, 4) is 23.5 Å². The minimum Gasteiger partial charge on any atom is -0.331 e. The first-order valence-corrected chi connectivity index (χ1v) is 11.8. The molecule has 0 saturated carbocycles. The number of benzene rings is 2. The Balaban J connectivity index is 1.55. The molecule has 2 amide bonds. The predicted molar refractivity (Wildman–Crippen MR) is 119 cm³/mol. The summed E-state index contributed by atoms with van der Waals surface area (Å²) in [6.45, 7) is 1.73. The quantitative estimate of drug-likeness (QED) is 0.536. The van der Waals surface area contributed by atoms with E-state index in [4.69, 9.17) is 6.42 Å². The number of halogens is 2. The molecule has 1 aliphatic rings. The number of fused-ring (bicyclic) bond motifs is 1. The Morgan fingerprint density at radius 1 is 1.18 bits per heavy atom. The molecule has 2 aromatic carbocycles. The van der Waals surface area contributed by atoms with Crippen molar-refractivity contribution in [2.24, 2.45) is 0 Å². The fourth-order valence-electron chi connectivity index (χ4n) is 3.42. The number of carbonyl (C=O) groups excluding carboxylic acids is 2. The van der Waals surface area contributed by atoms with Crippen LogP contribution in [-0.2, 0) is 9.84 Å². The van der Waals surface area contributed by atoms with Gasteiger partial charge in [-0.2, -0.15) is 8.78 Å². The fraction of sp³-hybridized carbons (Fsp3) is 0.136. The summed E-state index contributed by atoms with van der Waals surface area (Å²) in [5, 5.41) is 2.84. The van der Waals surface area contributed by atoms with Gasteiger partial charge in [-0.25, -0.2) is 18.2 Å². The standard InChI is InChI=1S/C22H15F2N3O4S2/c1-3-18-26-17(11-32-18)27-21(29)25-12(2)13-7-9-14(10-8-13)15-5-4-6-16-19(15)33(30,31)22(23,24)20(16)28/h1,4-12H,2H3,(H2,25,27,29)/t12-/m0/s1. The summed E-state index contributed by atoms with van der Waals surface area (Å²) in [5.74, 6) is 0.962. The van der Waals surface area contributed by atoms with Gasteiger partial charge in [0.25, 0.3) is 9.84 Å². The molecule has 0 radical (unpaired) electrons. The molecule has 2 heterocycles. The third kappa shape index (κ3) is 3.77. The number of carbonyl (C=O) groups is 2. The second-order valence-corrected chi connectivity index (χ2v) is 9.94. The number of nitrogens with zero attached hydrogens (tertiary/aromatic N) is 1. The van der Waals surface area contributed by atoms with Gasteiger partial charge in [-0.3, -0.25) is 10.1 Å². The Bertz CT molecular complexity index is 1420. The van der Waals surface area contributed by atoms with E-state index in [1.165, 1.54) is 35.6 Å². The first-order valence-electron chi connectivity index (χ1n) is 9.46. The molecule has 0 fully saturated rings. The number of sulfone groups is 1. The van der Waals surface area contributed by atoms with Crippen LogP contribution >= 0.6 is 11.3 Å². The van der Waals surface area contributed by atoms with Crippen molar-refractivity contribution >= 4 is 38.8 Å². The van der Waals surface area contributed by atoms with Gasteiger partial charge in [0.2, 0.25) is 5.78 Å². The van der Waals surface area contributed by atoms with Crippen LogP contribution in [0.5, 0.6) is 0 Å². The number of nitrogens with one attached hydrogen (secondary N) is 2. The van der Waals surface area contributed by atoms with Gasteiger partial charge in [0.1, 0.15) is 5.82 Å². The van der Waals surface area contributed by atoms with Crippen molar-refractivity contribution in [1.29, 1.82) is 0 Å². The van der Waals surface area contributed by atoms with E-state index < -0.39 is 43.4 Å². The van der Waals surface area contributed by atoms with Crippen LogP contribution < -0.4 is 10.6 Å². The smallest absolute Gasteiger partial charge is 0.331 e. The summed E-state index contributed by atoms with van der Waals surface area (Å²) in [6.07, 6.45) is 5.25. The summed E-state index contributed by atoms with van der Waals surface area (Å²) in [5.41, 5.74) is 0.498. The maximum absolute atomic E-state index is 14.1. The molecule has 1 atom stereocenters. The van der Waals surface area contributed by atoms with Gasteiger partial charge in [0.15, 0.2) is 5.01 Å². The molecule has 4 rings (SSSR count). The van der Waals surface area contributed by atoms with Gasteiger partial charge >= 0.3 is 11.3 Å². The number of thiazole rings is 1. The van der Waals surface area contributed by atoms with Crippen molar-refractivity contribution in [3.63, 3.8) is 0 Å². The Kier molecular flexibility index (Phi) is 5.51. The topological polar surface area (TPSA) is 105 Å². The molecule has 0 spiro atoms. The lowest BCUT2D eigenvalue weighted by Crippen LogP contribution is -2.31. The number of Topliss-reactive ketones (excluding diaryl/α,β-unsaturated/α-hetero) is 1. The number of anilines is 1. The highest BCUT2D eigenvalue weighted by Crippen LogP contribution is 2.45. The average molecular weight is 488 g/mol. The number of alkyl halides is 2. The number of aromatic nitrogens is 1. The Morgan fingerprint density at radius 3 is 2.48 bits per heavy atom. The van der Waals surface area contributed by atoms with Crippen LogP contribution in [0.2, 0.25) is 0 Å². The van der Waals surface area contributed by atoms with E-state index in [1.807, 2.05) is 0 Å². The van der Waals surface area contributed by atoms with E-state index in [2.05, 4.69) is 21.5 Å². The molecule has 11 heteroatoms. The van der Waals surface area contributed by atoms with Crippen molar-refractivity contribution in [2.75, 3.05) is 5.32 Å². The molecule has 0 unspecified atom stereocenters. The van der Waals surface area contributed by atoms with Crippen molar-refractivity contribution in [2.45, 2.75) is 23.1 Å². The van der Waals surface area contributed by atoms with E-state index in [9.17, 15) is 26.8 Å². The van der Waals surface area contributed by atoms with E-state index in [1.54, 1.807) is 24.4 Å². The average Bonchev–Trinajstić information content (AvgIpc) is 3.29. The molecular formula is C22H15F2N3O4S2. The Hall–Kier alpha value is -3.62. The van der Waals surface area contributed by atoms with Gasteiger partial charge in [-0.1, -0.05) is 36.4 Å². The highest BCUT2D eigenvalue weighted by Gasteiger charge is 2.61. The molecular weight excluding hydrogens is 472 g/mol. The predicted octanol–water partition coefficient (Wildman–Crippen LogP) is 4.24. The molecule has 7 nitrogen and oxygen atoms in total. The van der Waals surface area contributed by atoms with Gasteiger partial charge < -0.3 is 5.32 Å². The molecule has 0 bridgehead atoms. The first-order chi connectivity index (χ1) is 15.6. The lowest BCUT2D eigenvalue weighted by molar-refractivity contribution is 0.0549. The number of ketones is 1. The van der Waals surface area contributed by atoms with Crippen LogP contribution in [-0.4, -0.2) is 30.5 Å². The summed E-state index contributed by atoms with van der Waals surface area (Å²) < 4.78 is 52.8. The minimum absolute atomic E-state index is 0.00998. The zero-order chi connectivity index (χ0) is 24.0. The molecule has 2 N–H and O–H groups in total. The molecule has 33 heavy (non-hydrogen) atoms. The van der Waals surface area contributed by atoms with Crippen LogP contribution in [0.25, 0.3) is 11.1 Å². The second kappa shape index (κ2) is 8.06. The number of hydrogen-bond donors (Lipinski definition) is 2. The fourth-order valence-corrected chi connectivity index (χ4v) is 5.51. The molecule has 1 aromatic heterocycles. The van der Waals surface area contributed by atoms with Gasteiger partial charge in [0, 0.05) is 16.5 Å². The number of urea groups is 1. The molecule has 1 aliphatic heterocycles. The Morgan fingerprint density at radius 2 is 1.85 bits per heavy atom. The summed E-state index contributed by atoms with van der Waals surface area (Å²) in [7, 11) is -5.15. The third-order valence-corrected chi connectivity index (χ3v) is 7.68. The second-order valence-electron chi connectivity index (χ2n) is 7.16. The van der Waals surface area contributed by atoms with Crippen LogP contribution in [0.4, 0.5) is 19.4 Å². The lowest BCUT2D eigenvalue weighted by Gasteiger charge is -2.15. The molecule has 168 valence electrons. The number of rotatable bonds is 4. The van der Waals surface area contributed by atoms with E-state index >= 15 is 0 Å². The van der Waals surface area contributed by atoms with Crippen molar-refractivity contribution in [3.05, 3.63) is 64.0 Å². The lowest BCUT2D eigenvalue weighted by atomic mass is 9.99. The first kappa shape index (κ1) is 22.6. The monoisotopic (exact) mass is 487 g/mol. The van der Waals surface area contributed by atoms with Crippen molar-refractivity contribution < 1.29 is 26.8 Å². The molecule has 0 aliphatic carbocycles. The van der Waals surface area contributed by atoms with Crippen LogP contribution in [0.3, 0.4) is 0 Å². The normalized spacial score (nSPS) is 16.5. The maximum Gasteiger partial charge on any atom is 0.411 e. The number of terminal acetylenes is 1. The highest BCUT2D eigenvalue weighted by molar-refractivity contribution is 7.94. The number of amides is 2. The van der Waals surface area contributed by atoms with Gasteiger partial charge in [-0.05, 0) is 30.0 Å². The largest absolute Gasteiger partial charge is 0.411 e. The van der Waals surface area contributed by atoms with E-state index in [0.29, 0.717) is 22.0 Å². The van der Waals surface area contributed by atoms with Gasteiger partial charge in [0.05, 0.1) is 10.9 Å². The van der Waals surface area contributed by atoms with Crippen LogP contribution in [0.1, 0.15) is 33.9 Å². The zero-order valence-electron chi connectivity index (χ0n) is 16.9. The van der Waals surface area contributed by atoms with Crippen LogP contribution in [0, 0.1) is 12.3 Å². The van der Waals surface area contributed by atoms with Crippen LogP contribution in [0.15, 0.2) is 52.7 Å². The number of hydrogen-bond acceptors (Lipinski definition) is 6. The molecule has 3 aromatic rings. The summed E-state index contributed by atoms with van der Waals surface area (Å²) in [6, 6.07) is 9.18.